The van der Waals surface area contributed by atoms with Crippen LogP contribution in [-0.2, 0) is 16.1 Å². The largest absolute Gasteiger partial charge is 0.355 e. The van der Waals surface area contributed by atoms with Gasteiger partial charge < -0.3 is 15.2 Å². The number of nitrogens with one attached hydrogen (secondary N) is 2. The number of benzene rings is 1. The predicted molar refractivity (Wildman–Crippen MR) is 96.8 cm³/mol. The molecule has 0 unspecified atom stereocenters. The number of unbranched alkanes of at least 4 members (excludes halogenated alkanes) is 1. The van der Waals surface area contributed by atoms with Crippen LogP contribution >= 0.6 is 11.8 Å². The lowest BCUT2D eigenvalue weighted by Crippen LogP contribution is -2.27. The molecule has 0 saturated carbocycles. The van der Waals surface area contributed by atoms with E-state index in [9.17, 15) is 14.0 Å². The highest BCUT2D eigenvalue weighted by Crippen LogP contribution is 2.09. The van der Waals surface area contributed by atoms with Crippen LogP contribution in [0.1, 0.15) is 12.8 Å². The first-order valence-corrected chi connectivity index (χ1v) is 9.14. The molecule has 0 fully saturated rings. The molecule has 0 atom stereocenters. The van der Waals surface area contributed by atoms with E-state index in [2.05, 4.69) is 15.6 Å². The second kappa shape index (κ2) is 10.5. The van der Waals surface area contributed by atoms with Gasteiger partial charge in [-0.2, -0.15) is 0 Å². The number of carbonyl (C=O) groups is 2. The number of amides is 2. The van der Waals surface area contributed by atoms with Gasteiger partial charge in [0, 0.05) is 31.2 Å². The van der Waals surface area contributed by atoms with E-state index in [0.717, 1.165) is 19.4 Å². The van der Waals surface area contributed by atoms with E-state index < -0.39 is 0 Å². The lowest BCUT2D eigenvalue weighted by Gasteiger charge is -2.07. The van der Waals surface area contributed by atoms with Crippen molar-refractivity contribution in [3.8, 4) is 0 Å². The number of halogens is 1. The molecule has 134 valence electrons. The fourth-order valence-corrected chi connectivity index (χ4v) is 2.73. The molecule has 8 heteroatoms. The van der Waals surface area contributed by atoms with Crippen LogP contribution in [0.5, 0.6) is 0 Å². The summed E-state index contributed by atoms with van der Waals surface area (Å²) >= 11 is 1.24. The molecule has 2 rings (SSSR count). The van der Waals surface area contributed by atoms with Crippen LogP contribution < -0.4 is 10.6 Å². The quantitative estimate of drug-likeness (QED) is 0.634. The van der Waals surface area contributed by atoms with Crippen molar-refractivity contribution in [1.82, 2.24) is 14.9 Å². The monoisotopic (exact) mass is 364 g/mol. The standard InChI is InChI=1S/C17H21FN4O2S/c18-14-3-5-15(6-4-14)21-17(24)12-25-11-16(23)20-7-1-2-9-22-10-8-19-13-22/h3-6,8,10,13H,1-2,7,9,11-12H2,(H,20,23)(H,21,24). The van der Waals surface area contributed by atoms with Crippen molar-refractivity contribution in [1.29, 1.82) is 0 Å². The third-order valence-electron chi connectivity index (χ3n) is 3.32. The molecule has 1 aromatic carbocycles. The van der Waals surface area contributed by atoms with Gasteiger partial charge in [-0.1, -0.05) is 0 Å². The zero-order chi connectivity index (χ0) is 17.9. The van der Waals surface area contributed by atoms with Gasteiger partial charge in [0.05, 0.1) is 17.8 Å². The third kappa shape index (κ3) is 7.84. The van der Waals surface area contributed by atoms with E-state index in [4.69, 9.17) is 0 Å². The molecular weight excluding hydrogens is 343 g/mol. The molecule has 6 nitrogen and oxygen atoms in total. The summed E-state index contributed by atoms with van der Waals surface area (Å²) in [6, 6.07) is 5.55. The molecule has 0 spiro atoms. The number of aryl methyl sites for hydroxylation is 1. The van der Waals surface area contributed by atoms with Crippen LogP contribution in [0.3, 0.4) is 0 Å². The topological polar surface area (TPSA) is 76.0 Å². The van der Waals surface area contributed by atoms with Crippen molar-refractivity contribution < 1.29 is 14.0 Å². The average Bonchev–Trinajstić information content (AvgIpc) is 3.10. The summed E-state index contributed by atoms with van der Waals surface area (Å²) in [5.41, 5.74) is 0.536. The lowest BCUT2D eigenvalue weighted by molar-refractivity contribution is -0.118. The van der Waals surface area contributed by atoms with Gasteiger partial charge in [0.2, 0.25) is 11.8 Å². The number of hydrogen-bond acceptors (Lipinski definition) is 4. The first-order chi connectivity index (χ1) is 12.1. The summed E-state index contributed by atoms with van der Waals surface area (Å²) in [4.78, 5) is 27.4. The van der Waals surface area contributed by atoms with Crippen molar-refractivity contribution in [2.75, 3.05) is 23.4 Å². The molecule has 0 bridgehead atoms. The third-order valence-corrected chi connectivity index (χ3v) is 4.25. The molecule has 0 aliphatic heterocycles. The number of aromatic nitrogens is 2. The summed E-state index contributed by atoms with van der Waals surface area (Å²) in [5.74, 6) is -0.245. The van der Waals surface area contributed by atoms with Gasteiger partial charge in [0.1, 0.15) is 5.82 Å². The van der Waals surface area contributed by atoms with Gasteiger partial charge in [-0.3, -0.25) is 9.59 Å². The van der Waals surface area contributed by atoms with E-state index in [-0.39, 0.29) is 29.1 Å². The Hall–Kier alpha value is -2.35. The number of hydrogen-bond donors (Lipinski definition) is 2. The van der Waals surface area contributed by atoms with E-state index in [1.165, 1.54) is 36.0 Å². The van der Waals surface area contributed by atoms with Crippen molar-refractivity contribution >= 4 is 29.3 Å². The van der Waals surface area contributed by atoms with E-state index in [1.54, 1.807) is 12.5 Å². The summed E-state index contributed by atoms with van der Waals surface area (Å²) in [7, 11) is 0. The first-order valence-electron chi connectivity index (χ1n) is 7.99. The number of anilines is 1. The molecular formula is C17H21FN4O2S. The number of nitrogens with zero attached hydrogens (tertiary/aromatic N) is 2. The Morgan fingerprint density at radius 1 is 1.12 bits per heavy atom. The summed E-state index contributed by atoms with van der Waals surface area (Å²) < 4.78 is 14.8. The van der Waals surface area contributed by atoms with Gasteiger partial charge in [-0.05, 0) is 37.1 Å². The van der Waals surface area contributed by atoms with E-state index >= 15 is 0 Å². The number of rotatable bonds is 10. The van der Waals surface area contributed by atoms with Crippen LogP contribution in [-0.4, -0.2) is 39.4 Å². The average molecular weight is 364 g/mol. The van der Waals surface area contributed by atoms with Gasteiger partial charge >= 0.3 is 0 Å². The van der Waals surface area contributed by atoms with Crippen LogP contribution in [0.4, 0.5) is 10.1 Å². The summed E-state index contributed by atoms with van der Waals surface area (Å²) in [6.45, 7) is 1.50. The molecule has 2 amide bonds. The normalized spacial score (nSPS) is 10.4. The Morgan fingerprint density at radius 3 is 2.60 bits per heavy atom. The van der Waals surface area contributed by atoms with Gasteiger partial charge in [-0.15, -0.1) is 11.8 Å². The molecule has 0 saturated heterocycles. The maximum absolute atomic E-state index is 12.8. The predicted octanol–water partition coefficient (Wildman–Crippen LogP) is 2.29. The molecule has 2 aromatic rings. The van der Waals surface area contributed by atoms with Crippen LogP contribution in [0.25, 0.3) is 0 Å². The van der Waals surface area contributed by atoms with Crippen molar-refractivity contribution in [2.24, 2.45) is 0 Å². The summed E-state index contributed by atoms with van der Waals surface area (Å²) in [5, 5.41) is 5.48. The second-order valence-electron chi connectivity index (χ2n) is 5.41. The molecule has 0 aliphatic carbocycles. The maximum atomic E-state index is 12.8. The van der Waals surface area contributed by atoms with Crippen LogP contribution in [0.2, 0.25) is 0 Å². The number of imidazole rings is 1. The maximum Gasteiger partial charge on any atom is 0.234 e. The Labute approximate surface area is 150 Å². The van der Waals surface area contributed by atoms with Gasteiger partial charge in [0.25, 0.3) is 0 Å². The van der Waals surface area contributed by atoms with Crippen molar-refractivity contribution in [2.45, 2.75) is 19.4 Å². The Kier molecular flexibility index (Phi) is 7.97. The second-order valence-corrected chi connectivity index (χ2v) is 6.39. The minimum absolute atomic E-state index is 0.0813. The van der Waals surface area contributed by atoms with Crippen molar-refractivity contribution in [3.63, 3.8) is 0 Å². The van der Waals surface area contributed by atoms with Crippen LogP contribution in [0.15, 0.2) is 43.0 Å². The highest BCUT2D eigenvalue weighted by atomic mass is 32.2. The lowest BCUT2D eigenvalue weighted by atomic mass is 10.3. The van der Waals surface area contributed by atoms with Crippen molar-refractivity contribution in [3.05, 3.63) is 48.8 Å². The first kappa shape index (κ1) is 19.0. The number of carbonyl (C=O) groups excluding carboxylic acids is 2. The number of thioether (sulfide) groups is 1. The Morgan fingerprint density at radius 2 is 1.88 bits per heavy atom. The SMILES string of the molecule is O=C(CSCC(=O)Nc1ccc(F)cc1)NCCCCn1ccnc1. The highest BCUT2D eigenvalue weighted by molar-refractivity contribution is 8.00. The van der Waals surface area contributed by atoms with Gasteiger partial charge in [0.15, 0.2) is 0 Å². The highest BCUT2D eigenvalue weighted by Gasteiger charge is 2.06. The van der Waals surface area contributed by atoms with Gasteiger partial charge in [-0.25, -0.2) is 9.37 Å². The smallest absolute Gasteiger partial charge is 0.234 e. The fourth-order valence-electron chi connectivity index (χ4n) is 2.08. The fraction of sp³-hybridized carbons (Fsp3) is 0.353. The minimum Gasteiger partial charge on any atom is -0.355 e. The van der Waals surface area contributed by atoms with Crippen LogP contribution in [0, 0.1) is 5.82 Å². The Bertz CT molecular complexity index is 662. The molecule has 1 aromatic heterocycles. The molecule has 1 heterocycles. The summed E-state index contributed by atoms with van der Waals surface area (Å²) in [6.07, 6.45) is 7.27. The minimum atomic E-state index is -0.353. The molecule has 25 heavy (non-hydrogen) atoms. The Balaban J connectivity index is 1.49. The zero-order valence-electron chi connectivity index (χ0n) is 13.8. The van der Waals surface area contributed by atoms with E-state index in [0.29, 0.717) is 12.2 Å². The molecule has 0 radical (unpaired) electrons. The molecule has 0 aliphatic rings. The zero-order valence-corrected chi connectivity index (χ0v) is 14.6. The molecule has 2 N–H and O–H groups in total. The van der Waals surface area contributed by atoms with E-state index in [1.807, 2.05) is 10.8 Å².